The van der Waals surface area contributed by atoms with Gasteiger partial charge in [-0.1, -0.05) is 30.3 Å². The maximum Gasteiger partial charge on any atom is 0.239 e. The number of anilines is 2. The molecule has 0 radical (unpaired) electrons. The molecule has 0 saturated heterocycles. The van der Waals surface area contributed by atoms with Crippen LogP contribution in [-0.4, -0.2) is 25.5 Å². The average Bonchev–Trinajstić information content (AvgIpc) is 2.58. The number of nitrogen functional groups attached to an aromatic ring is 1. The summed E-state index contributed by atoms with van der Waals surface area (Å²) in [6.45, 7) is 4.07. The van der Waals surface area contributed by atoms with Crippen LogP contribution in [0.2, 0.25) is 0 Å². The van der Waals surface area contributed by atoms with Gasteiger partial charge >= 0.3 is 0 Å². The maximum absolute atomic E-state index is 12.3. The van der Waals surface area contributed by atoms with E-state index in [9.17, 15) is 4.79 Å². The summed E-state index contributed by atoms with van der Waals surface area (Å²) in [4.78, 5) is 14.4. The van der Waals surface area contributed by atoms with E-state index in [1.807, 2.05) is 24.3 Å². The summed E-state index contributed by atoms with van der Waals surface area (Å²) in [6.07, 6.45) is 2.90. The Morgan fingerprint density at radius 3 is 2.80 bits per heavy atom. The highest BCUT2D eigenvalue weighted by atomic mass is 35.5. The Bertz CT molecular complexity index is 733. The van der Waals surface area contributed by atoms with E-state index in [4.69, 9.17) is 5.73 Å². The van der Waals surface area contributed by atoms with Crippen LogP contribution in [0, 0.1) is 6.92 Å². The van der Waals surface area contributed by atoms with Crippen LogP contribution in [0.3, 0.4) is 0 Å². The lowest BCUT2D eigenvalue weighted by Gasteiger charge is -2.31. The van der Waals surface area contributed by atoms with Crippen molar-refractivity contribution >= 4 is 29.7 Å². The Labute approximate surface area is 155 Å². The molecule has 1 aliphatic heterocycles. The highest BCUT2D eigenvalue weighted by molar-refractivity contribution is 5.85. The van der Waals surface area contributed by atoms with Gasteiger partial charge in [-0.05, 0) is 55.0 Å². The zero-order valence-corrected chi connectivity index (χ0v) is 15.4. The first-order chi connectivity index (χ1) is 11.6. The highest BCUT2D eigenvalue weighted by Crippen LogP contribution is 2.30. The summed E-state index contributed by atoms with van der Waals surface area (Å²) in [6, 6.07) is 14.3. The molecule has 1 aliphatic rings. The Balaban J connectivity index is 0.00000225. The van der Waals surface area contributed by atoms with E-state index in [2.05, 4.69) is 35.3 Å². The average molecular weight is 360 g/mol. The number of hydrogen-bond donors (Lipinski definition) is 2. The van der Waals surface area contributed by atoms with Gasteiger partial charge in [0, 0.05) is 24.5 Å². The number of fused-ring (bicyclic) bond motifs is 1. The molecular weight excluding hydrogens is 334 g/mol. The second-order valence-electron chi connectivity index (χ2n) is 6.40. The van der Waals surface area contributed by atoms with E-state index < -0.39 is 0 Å². The fourth-order valence-corrected chi connectivity index (χ4v) is 3.35. The molecule has 5 heteroatoms. The van der Waals surface area contributed by atoms with Crippen molar-refractivity contribution in [2.45, 2.75) is 26.2 Å². The fraction of sp³-hybridized carbons (Fsp3) is 0.350. The molecule has 1 heterocycles. The zero-order chi connectivity index (χ0) is 16.9. The second-order valence-corrected chi connectivity index (χ2v) is 6.40. The third kappa shape index (κ3) is 4.67. The number of nitrogens with one attached hydrogen (secondary N) is 1. The van der Waals surface area contributed by atoms with Crippen molar-refractivity contribution in [2.24, 2.45) is 0 Å². The van der Waals surface area contributed by atoms with Crippen LogP contribution in [0.15, 0.2) is 42.5 Å². The maximum atomic E-state index is 12.3. The van der Waals surface area contributed by atoms with E-state index in [-0.39, 0.29) is 18.3 Å². The molecule has 0 unspecified atom stereocenters. The molecule has 0 atom stereocenters. The van der Waals surface area contributed by atoms with Gasteiger partial charge in [0.25, 0.3) is 0 Å². The van der Waals surface area contributed by atoms with Crippen molar-refractivity contribution in [1.82, 2.24) is 5.32 Å². The monoisotopic (exact) mass is 359 g/mol. The number of nitrogens with two attached hydrogens (primary N) is 1. The largest absolute Gasteiger partial charge is 0.398 e. The molecule has 3 N–H and O–H groups in total. The van der Waals surface area contributed by atoms with Gasteiger partial charge in [0.2, 0.25) is 5.91 Å². The van der Waals surface area contributed by atoms with Crippen LogP contribution >= 0.6 is 12.4 Å². The number of carbonyl (C=O) groups is 1. The Hall–Kier alpha value is -2.20. The van der Waals surface area contributed by atoms with Gasteiger partial charge < -0.3 is 16.0 Å². The van der Waals surface area contributed by atoms with Crippen LogP contribution < -0.4 is 16.0 Å². The summed E-state index contributed by atoms with van der Waals surface area (Å²) in [5.41, 5.74) is 11.7. The molecule has 134 valence electrons. The van der Waals surface area contributed by atoms with E-state index in [0.717, 1.165) is 37.2 Å². The molecule has 3 rings (SSSR count). The summed E-state index contributed by atoms with van der Waals surface area (Å²) >= 11 is 0. The number of carbonyl (C=O) groups excluding carboxylic acids is 1. The SMILES string of the molecule is Cc1ccccc1CCNC(=O)CN1CCCc2c(N)cccc21.Cl. The summed E-state index contributed by atoms with van der Waals surface area (Å²) < 4.78 is 0. The van der Waals surface area contributed by atoms with Crippen LogP contribution in [-0.2, 0) is 17.6 Å². The first-order valence-corrected chi connectivity index (χ1v) is 8.58. The number of nitrogens with zero attached hydrogens (tertiary/aromatic N) is 1. The smallest absolute Gasteiger partial charge is 0.239 e. The molecule has 0 aliphatic carbocycles. The molecule has 0 fully saturated rings. The minimum absolute atomic E-state index is 0. The van der Waals surface area contributed by atoms with Crippen LogP contribution in [0.25, 0.3) is 0 Å². The molecule has 2 aromatic carbocycles. The Morgan fingerprint density at radius 2 is 2.00 bits per heavy atom. The van der Waals surface area contributed by atoms with Gasteiger partial charge in [-0.3, -0.25) is 4.79 Å². The number of amides is 1. The predicted molar refractivity (Wildman–Crippen MR) is 107 cm³/mol. The predicted octanol–water partition coefficient (Wildman–Crippen LogP) is 3.11. The quantitative estimate of drug-likeness (QED) is 0.806. The van der Waals surface area contributed by atoms with Gasteiger partial charge in [-0.25, -0.2) is 0 Å². The number of halogens is 1. The van der Waals surface area contributed by atoms with Crippen molar-refractivity contribution in [1.29, 1.82) is 0 Å². The van der Waals surface area contributed by atoms with Crippen molar-refractivity contribution < 1.29 is 4.79 Å². The highest BCUT2D eigenvalue weighted by Gasteiger charge is 2.20. The van der Waals surface area contributed by atoms with Gasteiger partial charge in [-0.2, -0.15) is 0 Å². The zero-order valence-electron chi connectivity index (χ0n) is 14.6. The molecule has 1 amide bonds. The van der Waals surface area contributed by atoms with Crippen molar-refractivity contribution in [3.05, 3.63) is 59.2 Å². The van der Waals surface area contributed by atoms with Gasteiger partial charge in [0.05, 0.1) is 6.54 Å². The standard InChI is InChI=1S/C20H25N3O.ClH/c1-15-6-2-3-7-16(15)11-12-22-20(24)14-23-13-5-8-17-18(21)9-4-10-19(17)23;/h2-4,6-7,9-10H,5,8,11-14,21H2,1H3,(H,22,24);1H. The molecule has 0 spiro atoms. The molecular formula is C20H26ClN3O. The number of rotatable bonds is 5. The van der Waals surface area contributed by atoms with E-state index in [0.29, 0.717) is 13.1 Å². The number of benzene rings is 2. The van der Waals surface area contributed by atoms with Crippen molar-refractivity contribution in [3.63, 3.8) is 0 Å². The molecule has 0 saturated carbocycles. The van der Waals surface area contributed by atoms with Gasteiger partial charge in [-0.15, -0.1) is 12.4 Å². The lowest BCUT2D eigenvalue weighted by atomic mass is 10.00. The molecule has 0 aromatic heterocycles. The molecule has 4 nitrogen and oxygen atoms in total. The third-order valence-electron chi connectivity index (χ3n) is 4.70. The van der Waals surface area contributed by atoms with Gasteiger partial charge in [0.1, 0.15) is 0 Å². The van der Waals surface area contributed by atoms with Crippen molar-refractivity contribution in [3.8, 4) is 0 Å². The fourth-order valence-electron chi connectivity index (χ4n) is 3.35. The lowest BCUT2D eigenvalue weighted by Crippen LogP contribution is -2.40. The number of hydrogen-bond acceptors (Lipinski definition) is 3. The van der Waals surface area contributed by atoms with Crippen LogP contribution in [0.1, 0.15) is 23.1 Å². The van der Waals surface area contributed by atoms with Crippen LogP contribution in [0.4, 0.5) is 11.4 Å². The normalized spacial score (nSPS) is 12.9. The first-order valence-electron chi connectivity index (χ1n) is 8.58. The molecule has 0 bridgehead atoms. The first kappa shape index (κ1) is 19.1. The summed E-state index contributed by atoms with van der Waals surface area (Å²) in [5, 5.41) is 3.04. The third-order valence-corrected chi connectivity index (χ3v) is 4.70. The van der Waals surface area contributed by atoms with E-state index in [1.54, 1.807) is 0 Å². The minimum Gasteiger partial charge on any atom is -0.398 e. The summed E-state index contributed by atoms with van der Waals surface area (Å²) in [5.74, 6) is 0.0684. The van der Waals surface area contributed by atoms with E-state index in [1.165, 1.54) is 16.7 Å². The van der Waals surface area contributed by atoms with Gasteiger partial charge in [0.15, 0.2) is 0 Å². The summed E-state index contributed by atoms with van der Waals surface area (Å²) in [7, 11) is 0. The molecule has 2 aromatic rings. The lowest BCUT2D eigenvalue weighted by molar-refractivity contribution is -0.119. The van der Waals surface area contributed by atoms with E-state index >= 15 is 0 Å². The van der Waals surface area contributed by atoms with Crippen LogP contribution in [0.5, 0.6) is 0 Å². The number of aryl methyl sites for hydroxylation is 1. The Kier molecular flexibility index (Phi) is 6.71. The second kappa shape index (κ2) is 8.77. The minimum atomic E-state index is 0. The Morgan fingerprint density at radius 1 is 1.20 bits per heavy atom. The topological polar surface area (TPSA) is 58.4 Å². The molecule has 25 heavy (non-hydrogen) atoms. The van der Waals surface area contributed by atoms with Crippen molar-refractivity contribution in [2.75, 3.05) is 30.3 Å².